The highest BCUT2D eigenvalue weighted by Crippen LogP contribution is 2.38. The second-order valence-electron chi connectivity index (χ2n) is 9.79. The van der Waals surface area contributed by atoms with Crippen LogP contribution < -0.4 is 0 Å². The van der Waals surface area contributed by atoms with Crippen molar-refractivity contribution in [1.29, 1.82) is 0 Å². The minimum absolute atomic E-state index is 0.126. The van der Waals surface area contributed by atoms with E-state index in [-0.39, 0.29) is 6.61 Å². The van der Waals surface area contributed by atoms with Crippen molar-refractivity contribution >= 4 is 50.7 Å². The van der Waals surface area contributed by atoms with E-state index in [9.17, 15) is 9.59 Å². The fourth-order valence-electron chi connectivity index (χ4n) is 4.92. The SMILES string of the molecule is O=C(O/C(=C\c1c(-c2ccc(Br)cc2)n(C(=O)OCc2ccccc2)c2ccccc12)c1ccccc1)c1ccccc1. The lowest BCUT2D eigenvalue weighted by molar-refractivity contribution is 0.0693. The monoisotopic (exact) mass is 627 g/mol. The number of hydrogen-bond donors (Lipinski definition) is 0. The van der Waals surface area contributed by atoms with E-state index in [1.807, 2.05) is 121 Å². The van der Waals surface area contributed by atoms with Crippen LogP contribution in [0.5, 0.6) is 0 Å². The second-order valence-corrected chi connectivity index (χ2v) is 10.7. The lowest BCUT2D eigenvalue weighted by Gasteiger charge is -2.13. The minimum Gasteiger partial charge on any atom is -0.444 e. The van der Waals surface area contributed by atoms with Crippen LogP contribution in [0, 0.1) is 0 Å². The average Bonchev–Trinajstić information content (AvgIpc) is 3.39. The molecule has 1 aromatic heterocycles. The molecule has 0 fully saturated rings. The number of carbonyl (C=O) groups excluding carboxylic acids is 2. The van der Waals surface area contributed by atoms with Gasteiger partial charge in [-0.2, -0.15) is 0 Å². The number of para-hydroxylation sites is 1. The van der Waals surface area contributed by atoms with Gasteiger partial charge in [-0.1, -0.05) is 125 Å². The van der Waals surface area contributed by atoms with Crippen LogP contribution in [0.25, 0.3) is 34.0 Å². The molecule has 0 saturated heterocycles. The molecule has 0 amide bonds. The standard InChI is InChI=1S/C37H26BrNO4/c38-30-22-20-28(21-23-30)35-32(24-34(27-14-6-2-7-15-27)43-36(40)29-16-8-3-9-17-29)31-18-10-11-19-33(31)39(35)37(41)42-25-26-12-4-1-5-13-26/h1-24H,25H2/b34-24-. The van der Waals surface area contributed by atoms with Crippen LogP contribution in [0.2, 0.25) is 0 Å². The van der Waals surface area contributed by atoms with E-state index in [4.69, 9.17) is 9.47 Å². The molecule has 6 heteroatoms. The largest absolute Gasteiger partial charge is 0.444 e. The summed E-state index contributed by atoms with van der Waals surface area (Å²) in [6.45, 7) is 0.126. The van der Waals surface area contributed by atoms with Gasteiger partial charge in [-0.25, -0.2) is 14.2 Å². The fraction of sp³-hybridized carbons (Fsp3) is 0.0270. The Morgan fingerprint density at radius 2 is 1.26 bits per heavy atom. The van der Waals surface area contributed by atoms with Crippen molar-refractivity contribution < 1.29 is 19.1 Å². The number of aromatic nitrogens is 1. The van der Waals surface area contributed by atoms with E-state index in [2.05, 4.69) is 15.9 Å². The molecule has 1 heterocycles. The van der Waals surface area contributed by atoms with Crippen molar-refractivity contribution in [1.82, 2.24) is 4.57 Å². The van der Waals surface area contributed by atoms with Gasteiger partial charge < -0.3 is 9.47 Å². The molecule has 0 aliphatic heterocycles. The van der Waals surface area contributed by atoms with Gasteiger partial charge in [0.25, 0.3) is 0 Å². The Morgan fingerprint density at radius 1 is 0.674 bits per heavy atom. The summed E-state index contributed by atoms with van der Waals surface area (Å²) in [6, 6.07) is 43.3. The molecule has 0 N–H and O–H groups in total. The van der Waals surface area contributed by atoms with Crippen LogP contribution >= 0.6 is 15.9 Å². The average molecular weight is 629 g/mol. The zero-order chi connectivity index (χ0) is 29.6. The highest BCUT2D eigenvalue weighted by Gasteiger charge is 2.24. The lowest BCUT2D eigenvalue weighted by Crippen LogP contribution is -2.15. The molecule has 6 rings (SSSR count). The van der Waals surface area contributed by atoms with E-state index in [0.717, 1.165) is 26.5 Å². The molecule has 0 saturated carbocycles. The first-order valence-electron chi connectivity index (χ1n) is 13.7. The topological polar surface area (TPSA) is 57.5 Å². The minimum atomic E-state index is -0.514. The highest BCUT2D eigenvalue weighted by molar-refractivity contribution is 9.10. The number of carbonyl (C=O) groups is 2. The van der Waals surface area contributed by atoms with Gasteiger partial charge in [0.05, 0.1) is 16.8 Å². The van der Waals surface area contributed by atoms with Gasteiger partial charge in [-0.3, -0.25) is 0 Å². The summed E-state index contributed by atoms with van der Waals surface area (Å²) < 4.78 is 14.4. The molecule has 5 nitrogen and oxygen atoms in total. The van der Waals surface area contributed by atoms with E-state index in [0.29, 0.717) is 28.1 Å². The normalized spacial score (nSPS) is 11.3. The smallest absolute Gasteiger partial charge is 0.419 e. The fourth-order valence-corrected chi connectivity index (χ4v) is 5.18. The maximum atomic E-state index is 13.9. The molecule has 0 spiro atoms. The third kappa shape index (κ3) is 6.20. The lowest BCUT2D eigenvalue weighted by atomic mass is 10.0. The quantitative estimate of drug-likeness (QED) is 0.131. The zero-order valence-electron chi connectivity index (χ0n) is 23.0. The summed E-state index contributed by atoms with van der Waals surface area (Å²) in [5, 5.41) is 0.807. The molecule has 43 heavy (non-hydrogen) atoms. The highest BCUT2D eigenvalue weighted by atomic mass is 79.9. The molecule has 0 atom stereocenters. The number of esters is 1. The Bertz CT molecular complexity index is 1910. The zero-order valence-corrected chi connectivity index (χ0v) is 24.6. The van der Waals surface area contributed by atoms with Gasteiger partial charge in [-0.05, 0) is 47.5 Å². The first-order chi connectivity index (χ1) is 21.1. The first kappa shape index (κ1) is 27.9. The summed E-state index contributed by atoms with van der Waals surface area (Å²) in [7, 11) is 0. The number of benzene rings is 5. The maximum absolute atomic E-state index is 13.9. The van der Waals surface area contributed by atoms with Crippen molar-refractivity contribution in [2.24, 2.45) is 0 Å². The van der Waals surface area contributed by atoms with Gasteiger partial charge in [0.15, 0.2) is 0 Å². The Balaban J connectivity index is 1.54. The summed E-state index contributed by atoms with van der Waals surface area (Å²) in [5.41, 5.74) is 4.85. The van der Waals surface area contributed by atoms with Gasteiger partial charge in [0.1, 0.15) is 12.4 Å². The van der Waals surface area contributed by atoms with E-state index in [1.54, 1.807) is 28.8 Å². The molecule has 0 aliphatic carbocycles. The molecular weight excluding hydrogens is 602 g/mol. The summed E-state index contributed by atoms with van der Waals surface area (Å²) in [4.78, 5) is 27.1. The van der Waals surface area contributed by atoms with E-state index < -0.39 is 12.1 Å². The number of rotatable bonds is 7. The van der Waals surface area contributed by atoms with Crippen LogP contribution in [0.3, 0.4) is 0 Å². The molecule has 0 aliphatic rings. The van der Waals surface area contributed by atoms with Crippen molar-refractivity contribution in [3.63, 3.8) is 0 Å². The predicted molar refractivity (Wildman–Crippen MR) is 173 cm³/mol. The molecule has 210 valence electrons. The van der Waals surface area contributed by atoms with Gasteiger partial charge >= 0.3 is 12.1 Å². The number of nitrogens with zero attached hydrogens (tertiary/aromatic N) is 1. The summed E-state index contributed by atoms with van der Waals surface area (Å²) in [5.74, 6) is -0.125. The Kier molecular flexibility index (Phi) is 8.29. The van der Waals surface area contributed by atoms with Crippen LogP contribution in [0.1, 0.15) is 27.0 Å². The number of fused-ring (bicyclic) bond motifs is 1. The van der Waals surface area contributed by atoms with Crippen LogP contribution in [0.15, 0.2) is 144 Å². The second kappa shape index (κ2) is 12.8. The van der Waals surface area contributed by atoms with E-state index >= 15 is 0 Å². The molecule has 5 aromatic carbocycles. The summed E-state index contributed by atoms with van der Waals surface area (Å²) in [6.07, 6.45) is 1.32. The van der Waals surface area contributed by atoms with Crippen molar-refractivity contribution in [2.45, 2.75) is 6.61 Å². The molecule has 0 bridgehead atoms. The molecule has 0 unspecified atom stereocenters. The van der Waals surface area contributed by atoms with Gasteiger partial charge in [0.2, 0.25) is 0 Å². The third-order valence-electron chi connectivity index (χ3n) is 6.97. The first-order valence-corrected chi connectivity index (χ1v) is 14.5. The van der Waals surface area contributed by atoms with Crippen molar-refractivity contribution in [3.05, 3.63) is 166 Å². The Hall–Kier alpha value is -5.20. The van der Waals surface area contributed by atoms with Crippen LogP contribution in [0.4, 0.5) is 4.79 Å². The van der Waals surface area contributed by atoms with Gasteiger partial charge in [-0.15, -0.1) is 0 Å². The molecule has 6 aromatic rings. The number of hydrogen-bond acceptors (Lipinski definition) is 4. The maximum Gasteiger partial charge on any atom is 0.419 e. The Labute approximate surface area is 257 Å². The summed E-state index contributed by atoms with van der Waals surface area (Å²) >= 11 is 3.52. The van der Waals surface area contributed by atoms with E-state index in [1.165, 1.54) is 0 Å². The third-order valence-corrected chi connectivity index (χ3v) is 7.49. The molecule has 0 radical (unpaired) electrons. The van der Waals surface area contributed by atoms with Crippen molar-refractivity contribution in [3.8, 4) is 11.3 Å². The predicted octanol–water partition coefficient (Wildman–Crippen LogP) is 9.61. The Morgan fingerprint density at radius 3 is 1.93 bits per heavy atom. The van der Waals surface area contributed by atoms with Crippen molar-refractivity contribution in [2.75, 3.05) is 0 Å². The molecular formula is C37H26BrNO4. The van der Waals surface area contributed by atoms with Crippen LogP contribution in [-0.4, -0.2) is 16.6 Å². The number of halogens is 1. The van der Waals surface area contributed by atoms with Gasteiger partial charge in [0, 0.05) is 21.0 Å². The van der Waals surface area contributed by atoms with Crippen LogP contribution in [-0.2, 0) is 16.1 Å². The number of ether oxygens (including phenoxy) is 2.